The second-order valence-electron chi connectivity index (χ2n) is 2.37. The summed E-state index contributed by atoms with van der Waals surface area (Å²) in [4.78, 5) is 0. The molecule has 0 radical (unpaired) electrons. The van der Waals surface area contributed by atoms with E-state index >= 15 is 0 Å². The number of hydrogen-bond donors (Lipinski definition) is 0. The van der Waals surface area contributed by atoms with Gasteiger partial charge >= 0.3 is 3.98 Å². The van der Waals surface area contributed by atoms with Crippen molar-refractivity contribution in [2.75, 3.05) is 26.3 Å². The number of halogens is 1. The third-order valence-electron chi connectivity index (χ3n) is 1.66. The molecule has 0 unspecified atom stereocenters. The highest BCUT2D eigenvalue weighted by molar-refractivity contribution is 7.24. The van der Waals surface area contributed by atoms with E-state index in [1.807, 2.05) is 22.7 Å². The summed E-state index contributed by atoms with van der Waals surface area (Å²) in [5.41, 5.74) is 0. The molecular weight excluding hydrogens is 258 g/mol. The van der Waals surface area contributed by atoms with E-state index < -0.39 is 0 Å². The summed E-state index contributed by atoms with van der Waals surface area (Å²) in [7, 11) is 0. The summed E-state index contributed by atoms with van der Waals surface area (Å²) in [5, 5.41) is 4.27. The first kappa shape index (κ1) is 10.4. The van der Waals surface area contributed by atoms with E-state index in [9.17, 15) is 0 Å². The lowest BCUT2D eigenvalue weighted by Gasteiger charge is -2.08. The summed E-state index contributed by atoms with van der Waals surface area (Å²) < 4.78 is 9.06. The van der Waals surface area contributed by atoms with E-state index in [1.165, 1.54) is 3.98 Å². The van der Waals surface area contributed by atoms with Crippen molar-refractivity contribution in [3.05, 3.63) is 14.7 Å². The third kappa shape index (κ3) is 2.39. The monoisotopic (exact) mass is 267 g/mol. The highest BCUT2D eigenvalue weighted by Crippen LogP contribution is 1.94. The van der Waals surface area contributed by atoms with Crippen LogP contribution in [0.25, 0.3) is 0 Å². The Balaban J connectivity index is 0.000000720. The molecular formula is C7H10BrNOS2. The molecule has 0 amide bonds. The van der Waals surface area contributed by atoms with Gasteiger partial charge in [0.2, 0.25) is 0 Å². The molecule has 2 heterocycles. The molecule has 1 aromatic rings. The molecule has 1 aromatic heterocycles. The molecule has 1 saturated heterocycles. The maximum atomic E-state index is 5.27. The van der Waals surface area contributed by atoms with Crippen LogP contribution < -0.4 is 25.5 Å². The van der Waals surface area contributed by atoms with Crippen molar-refractivity contribution in [1.29, 1.82) is 0 Å². The standard InChI is InChI=1S/C7H10NOS2.BrH/c1-3-9-4-2-8(1)7-10-5-6-11-7;/h5-6H,1-4H2;1H/q+1;/p-1. The predicted octanol–water partition coefficient (Wildman–Crippen LogP) is -2.38. The lowest BCUT2D eigenvalue weighted by Crippen LogP contribution is -3.00. The van der Waals surface area contributed by atoms with Gasteiger partial charge in [-0.3, -0.25) is 0 Å². The van der Waals surface area contributed by atoms with Crippen LogP contribution in [0, 0.1) is 0 Å². The van der Waals surface area contributed by atoms with Crippen molar-refractivity contribution in [2.24, 2.45) is 0 Å². The molecule has 0 bridgehead atoms. The van der Waals surface area contributed by atoms with Gasteiger partial charge in [0.15, 0.2) is 13.1 Å². The van der Waals surface area contributed by atoms with Crippen LogP contribution in [-0.4, -0.2) is 26.3 Å². The summed E-state index contributed by atoms with van der Waals surface area (Å²) in [5.74, 6) is 0. The Hall–Kier alpha value is 0.290. The highest BCUT2D eigenvalue weighted by atomic mass is 79.9. The first-order valence-corrected chi connectivity index (χ1v) is 5.41. The van der Waals surface area contributed by atoms with Crippen molar-refractivity contribution in [2.45, 2.75) is 0 Å². The first-order valence-electron chi connectivity index (χ1n) is 3.65. The molecule has 0 spiro atoms. The Morgan fingerprint density at radius 1 is 1.17 bits per heavy atom. The predicted molar refractivity (Wildman–Crippen MR) is 48.0 cm³/mol. The Morgan fingerprint density at radius 3 is 2.33 bits per heavy atom. The van der Waals surface area contributed by atoms with Crippen LogP contribution in [0.2, 0.25) is 0 Å². The van der Waals surface area contributed by atoms with Crippen LogP contribution in [0.5, 0.6) is 0 Å². The molecule has 2 nitrogen and oxygen atoms in total. The van der Waals surface area contributed by atoms with Gasteiger partial charge in [0.1, 0.15) is 13.2 Å². The Labute approximate surface area is 89.9 Å². The number of hydrogen-bond acceptors (Lipinski definition) is 3. The van der Waals surface area contributed by atoms with E-state index in [0.717, 1.165) is 26.3 Å². The van der Waals surface area contributed by atoms with Gasteiger partial charge in [-0.1, -0.05) is 22.7 Å². The minimum atomic E-state index is 0. The fraction of sp³-hybridized carbons (Fsp3) is 0.571. The van der Waals surface area contributed by atoms with Crippen LogP contribution in [0.4, 0.5) is 0 Å². The maximum absolute atomic E-state index is 5.27. The first-order chi connectivity index (χ1) is 5.47. The van der Waals surface area contributed by atoms with E-state index in [1.54, 1.807) is 0 Å². The van der Waals surface area contributed by atoms with Crippen molar-refractivity contribution in [3.63, 3.8) is 0 Å². The van der Waals surface area contributed by atoms with Crippen LogP contribution in [0.3, 0.4) is 0 Å². The molecule has 0 aliphatic carbocycles. The minimum absolute atomic E-state index is 0. The SMILES string of the molecule is [Br-].c1csc(=[N+]2CCOCC2)s1. The number of morpholine rings is 1. The van der Waals surface area contributed by atoms with Gasteiger partial charge in [-0.15, -0.1) is 0 Å². The zero-order valence-electron chi connectivity index (χ0n) is 6.53. The fourth-order valence-electron chi connectivity index (χ4n) is 1.09. The van der Waals surface area contributed by atoms with Gasteiger partial charge in [-0.05, 0) is 0 Å². The van der Waals surface area contributed by atoms with Crippen LogP contribution >= 0.6 is 22.7 Å². The summed E-state index contributed by atoms with van der Waals surface area (Å²) in [6.07, 6.45) is 0. The van der Waals surface area contributed by atoms with Gasteiger partial charge in [0.05, 0.1) is 0 Å². The van der Waals surface area contributed by atoms with Gasteiger partial charge in [-0.25, -0.2) is 4.58 Å². The third-order valence-corrected chi connectivity index (χ3v) is 3.88. The quantitative estimate of drug-likeness (QED) is 0.479. The molecule has 0 atom stereocenters. The highest BCUT2D eigenvalue weighted by Gasteiger charge is 2.11. The van der Waals surface area contributed by atoms with Gasteiger partial charge in [-0.2, -0.15) is 0 Å². The van der Waals surface area contributed by atoms with Gasteiger partial charge < -0.3 is 21.7 Å². The second-order valence-corrected chi connectivity index (χ2v) is 4.42. The molecule has 1 aliphatic rings. The van der Waals surface area contributed by atoms with E-state index in [4.69, 9.17) is 4.74 Å². The number of ether oxygens (including phenoxy) is 1. The number of nitrogens with zero attached hydrogens (tertiary/aromatic N) is 1. The van der Waals surface area contributed by atoms with Crippen molar-refractivity contribution < 1.29 is 21.7 Å². The second kappa shape index (κ2) is 5.11. The van der Waals surface area contributed by atoms with Gasteiger partial charge in [0, 0.05) is 10.8 Å². The average molecular weight is 268 g/mol. The molecule has 0 aromatic carbocycles. The molecule has 5 heteroatoms. The number of rotatable bonds is 0. The lowest BCUT2D eigenvalue weighted by atomic mass is 10.5. The molecule has 0 N–H and O–H groups in total. The molecule has 0 saturated carbocycles. The van der Waals surface area contributed by atoms with Crippen molar-refractivity contribution in [3.8, 4) is 0 Å². The van der Waals surface area contributed by atoms with E-state index in [0.29, 0.717) is 0 Å². The Kier molecular flexibility index (Phi) is 4.42. The Morgan fingerprint density at radius 2 is 1.75 bits per heavy atom. The largest absolute Gasteiger partial charge is 1.00 e. The van der Waals surface area contributed by atoms with E-state index in [2.05, 4.69) is 15.3 Å². The average Bonchev–Trinajstić information content (AvgIpc) is 2.58. The smallest absolute Gasteiger partial charge is 0.314 e. The lowest BCUT2D eigenvalue weighted by molar-refractivity contribution is -0.00000295. The minimum Gasteiger partial charge on any atom is -1.00 e. The van der Waals surface area contributed by atoms with Gasteiger partial charge in [0.25, 0.3) is 0 Å². The normalized spacial score (nSPS) is 17.2. The zero-order valence-corrected chi connectivity index (χ0v) is 9.75. The van der Waals surface area contributed by atoms with Crippen LogP contribution in [0.1, 0.15) is 0 Å². The van der Waals surface area contributed by atoms with Crippen molar-refractivity contribution >= 4 is 22.7 Å². The van der Waals surface area contributed by atoms with Crippen LogP contribution in [0.15, 0.2) is 10.8 Å². The molecule has 68 valence electrons. The summed E-state index contributed by atoms with van der Waals surface area (Å²) in [6, 6.07) is 0. The molecule has 12 heavy (non-hydrogen) atoms. The summed E-state index contributed by atoms with van der Waals surface area (Å²) in [6.45, 7) is 3.86. The molecule has 2 rings (SSSR count). The summed E-state index contributed by atoms with van der Waals surface area (Å²) >= 11 is 3.64. The zero-order chi connectivity index (χ0) is 7.52. The maximum Gasteiger partial charge on any atom is 0.314 e. The van der Waals surface area contributed by atoms with Crippen LogP contribution in [-0.2, 0) is 4.74 Å². The fourth-order valence-corrected chi connectivity index (χ4v) is 2.99. The topological polar surface area (TPSA) is 12.2 Å². The molecule has 1 aliphatic heterocycles. The Bertz CT molecular complexity index is 269. The van der Waals surface area contributed by atoms with Crippen molar-refractivity contribution in [1.82, 2.24) is 4.58 Å². The molecule has 1 fully saturated rings. The van der Waals surface area contributed by atoms with E-state index in [-0.39, 0.29) is 17.0 Å².